The fourth-order valence-electron chi connectivity index (χ4n) is 2.97. The first-order valence-corrected chi connectivity index (χ1v) is 7.31. The normalized spacial score (nSPS) is 20.0. The van der Waals surface area contributed by atoms with E-state index < -0.39 is 0 Å². The van der Waals surface area contributed by atoms with Crippen LogP contribution in [0, 0.1) is 0 Å². The summed E-state index contributed by atoms with van der Waals surface area (Å²) in [6.45, 7) is 3.05. The fraction of sp³-hybridized carbons (Fsp3) is 0.571. The highest BCUT2D eigenvalue weighted by Crippen LogP contribution is 2.20. The molecule has 21 heavy (non-hydrogen) atoms. The number of hydrogen-bond donors (Lipinski definition) is 2. The molecule has 0 unspecified atom stereocenters. The Hall–Kier alpha value is -2.02. The minimum absolute atomic E-state index is 0.0124. The van der Waals surface area contributed by atoms with Crippen molar-refractivity contribution in [3.8, 4) is 0 Å². The van der Waals surface area contributed by atoms with Crippen LogP contribution in [0.4, 0.5) is 4.79 Å². The SMILES string of the molecule is NCc1ccc(C(=O)N2CCC(N3CCNC3=O)CC2)o1. The molecule has 0 radical (unpaired) electrons. The second-order valence-corrected chi connectivity index (χ2v) is 5.42. The molecule has 1 aromatic rings. The topological polar surface area (TPSA) is 91.8 Å². The van der Waals surface area contributed by atoms with Crippen LogP contribution in [0.15, 0.2) is 16.5 Å². The van der Waals surface area contributed by atoms with Gasteiger partial charge in [0, 0.05) is 32.2 Å². The summed E-state index contributed by atoms with van der Waals surface area (Å²) in [5.41, 5.74) is 5.48. The van der Waals surface area contributed by atoms with Crippen molar-refractivity contribution in [3.63, 3.8) is 0 Å². The molecule has 7 heteroatoms. The van der Waals surface area contributed by atoms with E-state index in [0.29, 0.717) is 37.7 Å². The third-order valence-corrected chi connectivity index (χ3v) is 4.16. The second-order valence-electron chi connectivity index (χ2n) is 5.42. The number of nitrogens with one attached hydrogen (secondary N) is 1. The van der Waals surface area contributed by atoms with E-state index in [2.05, 4.69) is 5.32 Å². The zero-order valence-electron chi connectivity index (χ0n) is 11.9. The third-order valence-electron chi connectivity index (χ3n) is 4.16. The van der Waals surface area contributed by atoms with Crippen LogP contribution in [0.1, 0.15) is 29.2 Å². The molecule has 3 amide bonds. The van der Waals surface area contributed by atoms with Crippen molar-refractivity contribution in [1.29, 1.82) is 0 Å². The van der Waals surface area contributed by atoms with E-state index in [4.69, 9.17) is 10.2 Å². The Bertz CT molecular complexity index is 534. The van der Waals surface area contributed by atoms with Gasteiger partial charge in [0.05, 0.1) is 6.54 Å². The number of likely N-dealkylation sites (tertiary alicyclic amines) is 1. The summed E-state index contributed by atoms with van der Waals surface area (Å²) in [6, 6.07) is 3.64. The lowest BCUT2D eigenvalue weighted by atomic mass is 10.0. The number of hydrogen-bond acceptors (Lipinski definition) is 4. The molecule has 2 fully saturated rings. The molecule has 0 bridgehead atoms. The molecule has 2 saturated heterocycles. The maximum Gasteiger partial charge on any atom is 0.317 e. The molecule has 0 aliphatic carbocycles. The first-order valence-electron chi connectivity index (χ1n) is 7.31. The van der Waals surface area contributed by atoms with E-state index >= 15 is 0 Å². The largest absolute Gasteiger partial charge is 0.455 e. The first kappa shape index (κ1) is 13.9. The van der Waals surface area contributed by atoms with Gasteiger partial charge in [0.1, 0.15) is 5.76 Å². The molecule has 0 atom stereocenters. The number of amides is 3. The summed E-state index contributed by atoms with van der Waals surface area (Å²) in [5.74, 6) is 0.855. The molecule has 2 aliphatic heterocycles. The zero-order valence-corrected chi connectivity index (χ0v) is 11.9. The lowest BCUT2D eigenvalue weighted by molar-refractivity contribution is 0.0633. The summed E-state index contributed by atoms with van der Waals surface area (Å²) < 4.78 is 5.40. The van der Waals surface area contributed by atoms with Gasteiger partial charge in [0.15, 0.2) is 5.76 Å². The molecule has 0 spiro atoms. The smallest absolute Gasteiger partial charge is 0.317 e. The van der Waals surface area contributed by atoms with Crippen LogP contribution >= 0.6 is 0 Å². The third kappa shape index (κ3) is 2.73. The van der Waals surface area contributed by atoms with Crippen molar-refractivity contribution in [3.05, 3.63) is 23.7 Å². The molecular formula is C14H20N4O3. The number of carbonyl (C=O) groups is 2. The van der Waals surface area contributed by atoms with Crippen molar-refractivity contribution in [2.75, 3.05) is 26.2 Å². The highest BCUT2D eigenvalue weighted by atomic mass is 16.4. The van der Waals surface area contributed by atoms with Gasteiger partial charge in [-0.2, -0.15) is 0 Å². The Labute approximate surface area is 123 Å². The van der Waals surface area contributed by atoms with Gasteiger partial charge >= 0.3 is 6.03 Å². The van der Waals surface area contributed by atoms with Gasteiger partial charge in [-0.15, -0.1) is 0 Å². The van der Waals surface area contributed by atoms with Crippen molar-refractivity contribution in [1.82, 2.24) is 15.1 Å². The Morgan fingerprint density at radius 2 is 2.10 bits per heavy atom. The molecule has 0 aromatic carbocycles. The predicted molar refractivity (Wildman–Crippen MR) is 75.6 cm³/mol. The highest BCUT2D eigenvalue weighted by molar-refractivity contribution is 5.91. The van der Waals surface area contributed by atoms with Crippen LogP contribution in [-0.2, 0) is 6.54 Å². The van der Waals surface area contributed by atoms with E-state index in [9.17, 15) is 9.59 Å². The molecule has 114 valence electrons. The van der Waals surface area contributed by atoms with Gasteiger partial charge in [0.25, 0.3) is 5.91 Å². The van der Waals surface area contributed by atoms with Gasteiger partial charge in [-0.1, -0.05) is 0 Å². The summed E-state index contributed by atoms with van der Waals surface area (Å²) in [7, 11) is 0. The zero-order chi connectivity index (χ0) is 14.8. The lowest BCUT2D eigenvalue weighted by Gasteiger charge is -2.35. The molecule has 3 heterocycles. The number of rotatable bonds is 3. The molecule has 1 aromatic heterocycles. The molecule has 3 N–H and O–H groups in total. The Kier molecular flexibility index (Phi) is 3.83. The minimum atomic E-state index is -0.0981. The van der Waals surface area contributed by atoms with Crippen LogP contribution in [0.5, 0.6) is 0 Å². The maximum absolute atomic E-state index is 12.3. The minimum Gasteiger partial charge on any atom is -0.455 e. The highest BCUT2D eigenvalue weighted by Gasteiger charge is 2.32. The van der Waals surface area contributed by atoms with Gasteiger partial charge in [-0.3, -0.25) is 4.79 Å². The van der Waals surface area contributed by atoms with Crippen LogP contribution in [-0.4, -0.2) is 54.0 Å². The molecule has 2 aliphatic rings. The van der Waals surface area contributed by atoms with Crippen molar-refractivity contribution in [2.45, 2.75) is 25.4 Å². The predicted octanol–water partition coefficient (Wildman–Crippen LogP) is 0.368. The molecule has 7 nitrogen and oxygen atoms in total. The lowest BCUT2D eigenvalue weighted by Crippen LogP contribution is -2.47. The van der Waals surface area contributed by atoms with E-state index in [0.717, 1.165) is 19.4 Å². The monoisotopic (exact) mass is 292 g/mol. The summed E-state index contributed by atoms with van der Waals surface area (Å²) in [5, 5.41) is 2.82. The Balaban J connectivity index is 1.57. The Morgan fingerprint density at radius 3 is 2.67 bits per heavy atom. The summed E-state index contributed by atoms with van der Waals surface area (Å²) >= 11 is 0. The van der Waals surface area contributed by atoms with Gasteiger partial charge < -0.3 is 25.3 Å². The number of furan rings is 1. The summed E-state index contributed by atoms with van der Waals surface area (Å²) in [6.07, 6.45) is 1.62. The maximum atomic E-state index is 12.3. The van der Waals surface area contributed by atoms with Gasteiger partial charge in [-0.25, -0.2) is 4.79 Å². The van der Waals surface area contributed by atoms with E-state index in [1.165, 1.54) is 0 Å². The van der Waals surface area contributed by atoms with Crippen molar-refractivity contribution >= 4 is 11.9 Å². The number of nitrogens with two attached hydrogens (primary N) is 1. The molecule has 3 rings (SSSR count). The fourth-order valence-corrected chi connectivity index (χ4v) is 2.97. The number of piperidine rings is 1. The van der Waals surface area contributed by atoms with Crippen LogP contribution in [0.3, 0.4) is 0 Å². The van der Waals surface area contributed by atoms with E-state index in [1.807, 2.05) is 4.90 Å². The molecule has 0 saturated carbocycles. The van der Waals surface area contributed by atoms with Crippen molar-refractivity contribution < 1.29 is 14.0 Å². The second kappa shape index (κ2) is 5.77. The quantitative estimate of drug-likeness (QED) is 0.842. The van der Waals surface area contributed by atoms with Crippen molar-refractivity contribution in [2.24, 2.45) is 5.73 Å². The van der Waals surface area contributed by atoms with Gasteiger partial charge in [0.2, 0.25) is 0 Å². The number of carbonyl (C=O) groups excluding carboxylic acids is 2. The Morgan fingerprint density at radius 1 is 1.33 bits per heavy atom. The molecular weight excluding hydrogens is 272 g/mol. The van der Waals surface area contributed by atoms with Crippen LogP contribution < -0.4 is 11.1 Å². The number of nitrogens with zero attached hydrogens (tertiary/aromatic N) is 2. The first-order chi connectivity index (χ1) is 10.2. The van der Waals surface area contributed by atoms with Gasteiger partial charge in [-0.05, 0) is 25.0 Å². The van der Waals surface area contributed by atoms with Crippen LogP contribution in [0.25, 0.3) is 0 Å². The van der Waals surface area contributed by atoms with Crippen LogP contribution in [0.2, 0.25) is 0 Å². The standard InChI is InChI=1S/C14H20N4O3/c15-9-11-1-2-12(21-11)13(19)17-6-3-10(4-7-17)18-8-5-16-14(18)20/h1-2,10H,3-9,15H2,(H,16,20). The average molecular weight is 292 g/mol. The number of urea groups is 1. The van der Waals surface area contributed by atoms with E-state index in [-0.39, 0.29) is 18.0 Å². The average Bonchev–Trinajstić information content (AvgIpc) is 3.15. The van der Waals surface area contributed by atoms with E-state index in [1.54, 1.807) is 17.0 Å². The summed E-state index contributed by atoms with van der Waals surface area (Å²) in [4.78, 5) is 27.6.